The fraction of sp³-hybridized carbons (Fsp3) is 0.273. The van der Waals surface area contributed by atoms with Gasteiger partial charge in [-0.2, -0.15) is 0 Å². The average molecular weight is 242 g/mol. The van der Waals surface area contributed by atoms with Gasteiger partial charge in [0.15, 0.2) is 0 Å². The first kappa shape index (κ1) is 12.5. The van der Waals surface area contributed by atoms with Crippen LogP contribution in [0.1, 0.15) is 12.5 Å². The van der Waals surface area contributed by atoms with Crippen molar-refractivity contribution >= 4 is 29.2 Å². The molecule has 0 fully saturated rings. The highest BCUT2D eigenvalue weighted by Gasteiger charge is 2.07. The van der Waals surface area contributed by atoms with Gasteiger partial charge >= 0.3 is 5.97 Å². The van der Waals surface area contributed by atoms with Gasteiger partial charge in [-0.25, -0.2) is 0 Å². The molecular weight excluding hydrogens is 230 g/mol. The van der Waals surface area contributed by atoms with E-state index in [4.69, 9.17) is 11.6 Å². The number of hydrogen-bond donors (Lipinski definition) is 1. The molecule has 0 heterocycles. The molecule has 0 atom stereocenters. The Kier molecular flexibility index (Phi) is 4.31. The zero-order chi connectivity index (χ0) is 12.1. The maximum Gasteiger partial charge on any atom is 0.309 e. The van der Waals surface area contributed by atoms with Crippen LogP contribution < -0.4 is 5.32 Å². The van der Waals surface area contributed by atoms with Gasteiger partial charge in [0.1, 0.15) is 0 Å². The van der Waals surface area contributed by atoms with Crippen LogP contribution in [0, 0.1) is 0 Å². The zero-order valence-corrected chi connectivity index (χ0v) is 9.80. The summed E-state index contributed by atoms with van der Waals surface area (Å²) in [6.07, 6.45) is 0.153. The van der Waals surface area contributed by atoms with Gasteiger partial charge in [-0.15, -0.1) is 0 Å². The largest absolute Gasteiger partial charge is 0.469 e. The van der Waals surface area contributed by atoms with Gasteiger partial charge < -0.3 is 10.1 Å². The van der Waals surface area contributed by atoms with Crippen LogP contribution in [0.2, 0.25) is 5.02 Å². The minimum atomic E-state index is -0.337. The maximum absolute atomic E-state index is 11.1. The summed E-state index contributed by atoms with van der Waals surface area (Å²) in [4.78, 5) is 22.0. The van der Waals surface area contributed by atoms with E-state index >= 15 is 0 Å². The summed E-state index contributed by atoms with van der Waals surface area (Å²) >= 11 is 5.88. The topological polar surface area (TPSA) is 55.4 Å². The van der Waals surface area contributed by atoms with Crippen molar-refractivity contribution < 1.29 is 14.3 Å². The van der Waals surface area contributed by atoms with E-state index < -0.39 is 0 Å². The monoisotopic (exact) mass is 241 g/mol. The van der Waals surface area contributed by atoms with Gasteiger partial charge in [-0.1, -0.05) is 17.7 Å². The Morgan fingerprint density at radius 2 is 2.12 bits per heavy atom. The molecule has 1 aromatic rings. The van der Waals surface area contributed by atoms with Crippen molar-refractivity contribution in [1.82, 2.24) is 0 Å². The van der Waals surface area contributed by atoms with E-state index in [1.54, 1.807) is 18.2 Å². The number of amides is 1. The van der Waals surface area contributed by atoms with Crippen LogP contribution in [-0.4, -0.2) is 19.0 Å². The molecule has 0 saturated carbocycles. The number of methoxy groups -OCH3 is 1. The van der Waals surface area contributed by atoms with Crippen molar-refractivity contribution in [2.24, 2.45) is 0 Å². The summed E-state index contributed by atoms with van der Waals surface area (Å²) in [5.41, 5.74) is 1.23. The van der Waals surface area contributed by atoms with Gasteiger partial charge in [-0.05, 0) is 17.7 Å². The number of nitrogens with one attached hydrogen (secondary N) is 1. The molecule has 1 amide bonds. The van der Waals surface area contributed by atoms with Crippen LogP contribution >= 0.6 is 11.6 Å². The predicted molar refractivity (Wildman–Crippen MR) is 61.5 cm³/mol. The number of esters is 1. The maximum atomic E-state index is 11.1. The van der Waals surface area contributed by atoms with E-state index in [0.29, 0.717) is 10.7 Å². The summed E-state index contributed by atoms with van der Waals surface area (Å²) in [7, 11) is 1.33. The summed E-state index contributed by atoms with van der Waals surface area (Å²) in [5, 5.41) is 3.02. The smallest absolute Gasteiger partial charge is 0.309 e. The molecule has 0 aromatic heterocycles. The van der Waals surface area contributed by atoms with Crippen LogP contribution in [0.3, 0.4) is 0 Å². The molecule has 0 aliphatic rings. The zero-order valence-electron chi connectivity index (χ0n) is 9.04. The highest BCUT2D eigenvalue weighted by molar-refractivity contribution is 6.33. The summed E-state index contributed by atoms with van der Waals surface area (Å²) in [5.74, 6) is -0.548. The van der Waals surface area contributed by atoms with Crippen molar-refractivity contribution in [2.45, 2.75) is 13.3 Å². The Morgan fingerprint density at radius 3 is 2.69 bits per heavy atom. The Morgan fingerprint density at radius 1 is 1.44 bits per heavy atom. The molecule has 0 bridgehead atoms. The van der Waals surface area contributed by atoms with Gasteiger partial charge in [0, 0.05) is 6.92 Å². The number of anilines is 1. The minimum absolute atomic E-state index is 0.153. The molecule has 5 heteroatoms. The molecule has 0 aliphatic heterocycles. The third kappa shape index (κ3) is 3.55. The van der Waals surface area contributed by atoms with E-state index in [-0.39, 0.29) is 18.3 Å². The lowest BCUT2D eigenvalue weighted by molar-refractivity contribution is -0.139. The number of rotatable bonds is 3. The normalized spacial score (nSPS) is 9.69. The molecular formula is C11H12ClNO3. The van der Waals surface area contributed by atoms with Crippen LogP contribution in [0.4, 0.5) is 5.69 Å². The van der Waals surface area contributed by atoms with E-state index in [2.05, 4.69) is 10.1 Å². The molecule has 1 N–H and O–H groups in total. The van der Waals surface area contributed by atoms with Crippen LogP contribution in [0.5, 0.6) is 0 Å². The lowest BCUT2D eigenvalue weighted by Gasteiger charge is -2.07. The summed E-state index contributed by atoms with van der Waals surface area (Å²) < 4.78 is 4.55. The third-order valence-corrected chi connectivity index (χ3v) is 2.25. The molecule has 1 aromatic carbocycles. The molecule has 0 spiro atoms. The third-order valence-electron chi connectivity index (χ3n) is 1.92. The quantitative estimate of drug-likeness (QED) is 0.824. The van der Waals surface area contributed by atoms with E-state index in [1.165, 1.54) is 14.0 Å². The number of carbonyl (C=O) groups excluding carboxylic acids is 2. The number of benzene rings is 1. The highest BCUT2D eigenvalue weighted by Crippen LogP contribution is 2.23. The van der Waals surface area contributed by atoms with E-state index in [0.717, 1.165) is 5.56 Å². The first-order valence-corrected chi connectivity index (χ1v) is 5.03. The van der Waals surface area contributed by atoms with Crippen molar-refractivity contribution in [3.63, 3.8) is 0 Å². The van der Waals surface area contributed by atoms with Crippen LogP contribution in [-0.2, 0) is 20.7 Å². The molecule has 86 valence electrons. The van der Waals surface area contributed by atoms with Crippen molar-refractivity contribution in [3.05, 3.63) is 28.8 Å². The molecule has 0 unspecified atom stereocenters. The number of ether oxygens (including phenoxy) is 1. The number of carbonyl (C=O) groups is 2. The van der Waals surface area contributed by atoms with Gasteiger partial charge in [-0.3, -0.25) is 9.59 Å². The molecule has 1 rings (SSSR count). The lowest BCUT2D eigenvalue weighted by atomic mass is 10.1. The van der Waals surface area contributed by atoms with Gasteiger partial charge in [0.2, 0.25) is 5.91 Å². The Bertz CT molecular complexity index is 418. The first-order chi connectivity index (χ1) is 7.52. The van der Waals surface area contributed by atoms with Crippen molar-refractivity contribution in [3.8, 4) is 0 Å². The Balaban J connectivity index is 2.88. The molecule has 0 saturated heterocycles. The van der Waals surface area contributed by atoms with Crippen molar-refractivity contribution in [1.29, 1.82) is 0 Å². The molecule has 0 aliphatic carbocycles. The molecule has 16 heavy (non-hydrogen) atoms. The number of hydrogen-bond acceptors (Lipinski definition) is 3. The van der Waals surface area contributed by atoms with E-state index in [9.17, 15) is 9.59 Å². The second kappa shape index (κ2) is 5.51. The Labute approximate surface area is 98.5 Å². The lowest BCUT2D eigenvalue weighted by Crippen LogP contribution is -2.08. The number of halogens is 1. The fourth-order valence-corrected chi connectivity index (χ4v) is 1.37. The van der Waals surface area contributed by atoms with E-state index in [1.807, 2.05) is 0 Å². The fourth-order valence-electron chi connectivity index (χ4n) is 1.21. The second-order valence-electron chi connectivity index (χ2n) is 3.25. The second-order valence-corrected chi connectivity index (χ2v) is 3.66. The summed E-state index contributed by atoms with van der Waals surface area (Å²) in [6, 6.07) is 5.00. The standard InChI is InChI=1S/C11H12ClNO3/c1-7(14)13-10-5-8(3-4-9(10)12)6-11(15)16-2/h3-5H,6H2,1-2H3,(H,13,14). The molecule has 0 radical (unpaired) electrons. The van der Waals surface area contributed by atoms with Crippen LogP contribution in [0.25, 0.3) is 0 Å². The van der Waals surface area contributed by atoms with Crippen molar-refractivity contribution in [2.75, 3.05) is 12.4 Å². The van der Waals surface area contributed by atoms with Crippen LogP contribution in [0.15, 0.2) is 18.2 Å². The predicted octanol–water partition coefficient (Wildman–Crippen LogP) is 2.01. The van der Waals surface area contributed by atoms with Gasteiger partial charge in [0.05, 0.1) is 24.2 Å². The SMILES string of the molecule is COC(=O)Cc1ccc(Cl)c(NC(C)=O)c1. The van der Waals surface area contributed by atoms with Gasteiger partial charge in [0.25, 0.3) is 0 Å². The highest BCUT2D eigenvalue weighted by atomic mass is 35.5. The molecule has 4 nitrogen and oxygen atoms in total. The average Bonchev–Trinajstić information content (AvgIpc) is 2.22. The Hall–Kier alpha value is -1.55. The first-order valence-electron chi connectivity index (χ1n) is 4.65. The minimum Gasteiger partial charge on any atom is -0.469 e. The summed E-state index contributed by atoms with van der Waals surface area (Å²) in [6.45, 7) is 1.39.